The average Bonchev–Trinajstić information content (AvgIpc) is 2.49. The summed E-state index contributed by atoms with van der Waals surface area (Å²) in [5.74, 6) is 0. The van der Waals surface area contributed by atoms with Crippen molar-refractivity contribution in [3.63, 3.8) is 0 Å². The summed E-state index contributed by atoms with van der Waals surface area (Å²) in [4.78, 5) is 19.1. The van der Waals surface area contributed by atoms with Gasteiger partial charge in [0.15, 0.2) is 0 Å². The van der Waals surface area contributed by atoms with E-state index in [0.29, 0.717) is 11.2 Å². The van der Waals surface area contributed by atoms with Gasteiger partial charge in [0, 0.05) is 6.42 Å². The van der Waals surface area contributed by atoms with Crippen molar-refractivity contribution in [3.8, 4) is 0 Å². The van der Waals surface area contributed by atoms with Crippen molar-refractivity contribution in [2.24, 2.45) is 0 Å². The zero-order chi connectivity index (χ0) is 13.9. The Balaban J connectivity index is 1.95. The van der Waals surface area contributed by atoms with Crippen molar-refractivity contribution in [2.75, 3.05) is 0 Å². The smallest absolute Gasteiger partial charge is 0.270 e. The molecule has 0 saturated carbocycles. The Hall–Kier alpha value is -2.46. The third-order valence-corrected chi connectivity index (χ3v) is 3.24. The average molecular weight is 266 g/mol. The summed E-state index contributed by atoms with van der Waals surface area (Å²) in [6.45, 7) is 0. The number of hydrogen-bond donors (Lipinski definition) is 2. The second kappa shape index (κ2) is 5.27. The third-order valence-electron chi connectivity index (χ3n) is 3.24. The maximum atomic E-state index is 12.0. The molecular weight excluding hydrogens is 252 g/mol. The standard InChI is InChI=1S/C16H14N2O2/c19-15(11-6-2-1-3-7-11)10-14-16(20)18-13-9-5-4-8-12(13)17-14/h1-9,15,19H,10H2,(H,18,20). The van der Waals surface area contributed by atoms with Crippen LogP contribution in [0.5, 0.6) is 0 Å². The fourth-order valence-corrected chi connectivity index (χ4v) is 2.18. The van der Waals surface area contributed by atoms with E-state index in [-0.39, 0.29) is 12.0 Å². The molecule has 0 aliphatic carbocycles. The molecule has 0 spiro atoms. The Kier molecular flexibility index (Phi) is 3.31. The topological polar surface area (TPSA) is 66.0 Å². The van der Waals surface area contributed by atoms with E-state index in [9.17, 15) is 9.90 Å². The number of aliphatic hydroxyl groups excluding tert-OH is 1. The van der Waals surface area contributed by atoms with Crippen molar-refractivity contribution < 1.29 is 5.11 Å². The van der Waals surface area contributed by atoms with Crippen LogP contribution in [0, 0.1) is 0 Å². The maximum Gasteiger partial charge on any atom is 0.270 e. The molecule has 1 aromatic heterocycles. The molecule has 100 valence electrons. The molecule has 3 rings (SSSR count). The number of hydrogen-bond acceptors (Lipinski definition) is 3. The number of H-pyrrole nitrogens is 1. The van der Waals surface area contributed by atoms with Crippen LogP contribution in [0.2, 0.25) is 0 Å². The van der Waals surface area contributed by atoms with Crippen LogP contribution < -0.4 is 5.56 Å². The highest BCUT2D eigenvalue weighted by Crippen LogP contribution is 2.16. The Morgan fingerprint density at radius 2 is 1.75 bits per heavy atom. The van der Waals surface area contributed by atoms with E-state index in [0.717, 1.165) is 11.1 Å². The number of nitrogens with one attached hydrogen (secondary N) is 1. The van der Waals surface area contributed by atoms with Crippen LogP contribution in [-0.2, 0) is 6.42 Å². The quantitative estimate of drug-likeness (QED) is 0.763. The van der Waals surface area contributed by atoms with E-state index in [1.807, 2.05) is 48.5 Å². The zero-order valence-corrected chi connectivity index (χ0v) is 10.8. The molecule has 0 aliphatic rings. The summed E-state index contributed by atoms with van der Waals surface area (Å²) in [6, 6.07) is 16.6. The molecule has 1 unspecified atom stereocenters. The van der Waals surface area contributed by atoms with Crippen LogP contribution in [0.25, 0.3) is 11.0 Å². The molecule has 0 saturated heterocycles. The van der Waals surface area contributed by atoms with Gasteiger partial charge in [0.05, 0.1) is 17.1 Å². The first-order valence-electron chi connectivity index (χ1n) is 6.45. The number of aliphatic hydroxyl groups is 1. The van der Waals surface area contributed by atoms with Gasteiger partial charge in [0.2, 0.25) is 0 Å². The van der Waals surface area contributed by atoms with Crippen LogP contribution in [0.4, 0.5) is 0 Å². The molecule has 3 aromatic rings. The van der Waals surface area contributed by atoms with Gasteiger partial charge in [0.25, 0.3) is 5.56 Å². The number of nitrogens with zero attached hydrogens (tertiary/aromatic N) is 1. The predicted molar refractivity (Wildman–Crippen MR) is 77.5 cm³/mol. The molecule has 4 nitrogen and oxygen atoms in total. The molecule has 0 aliphatic heterocycles. The van der Waals surface area contributed by atoms with E-state index >= 15 is 0 Å². The summed E-state index contributed by atoms with van der Waals surface area (Å²) in [7, 11) is 0. The lowest BCUT2D eigenvalue weighted by atomic mass is 10.1. The Labute approximate surface area is 115 Å². The maximum absolute atomic E-state index is 12.0. The molecular formula is C16H14N2O2. The molecule has 20 heavy (non-hydrogen) atoms. The number of para-hydroxylation sites is 2. The van der Waals surface area contributed by atoms with Gasteiger partial charge in [-0.15, -0.1) is 0 Å². The van der Waals surface area contributed by atoms with Crippen molar-refractivity contribution >= 4 is 11.0 Å². The number of fused-ring (bicyclic) bond motifs is 1. The molecule has 2 N–H and O–H groups in total. The number of benzene rings is 2. The van der Waals surface area contributed by atoms with E-state index in [1.165, 1.54) is 0 Å². The van der Waals surface area contributed by atoms with Gasteiger partial charge in [-0.3, -0.25) is 4.79 Å². The highest BCUT2D eigenvalue weighted by molar-refractivity contribution is 5.73. The largest absolute Gasteiger partial charge is 0.388 e. The first-order chi connectivity index (χ1) is 9.74. The van der Waals surface area contributed by atoms with Gasteiger partial charge >= 0.3 is 0 Å². The fourth-order valence-electron chi connectivity index (χ4n) is 2.18. The molecule has 0 bridgehead atoms. The first kappa shape index (κ1) is 12.6. The first-order valence-corrected chi connectivity index (χ1v) is 6.45. The van der Waals surface area contributed by atoms with E-state index in [1.54, 1.807) is 6.07 Å². The SMILES string of the molecule is O=c1[nH]c2ccccc2nc1CC(O)c1ccccc1. The monoisotopic (exact) mass is 266 g/mol. The highest BCUT2D eigenvalue weighted by Gasteiger charge is 2.12. The van der Waals surface area contributed by atoms with E-state index in [2.05, 4.69) is 9.97 Å². The lowest BCUT2D eigenvalue weighted by Crippen LogP contribution is -2.18. The van der Waals surface area contributed by atoms with Crippen molar-refractivity contribution in [3.05, 3.63) is 76.2 Å². The minimum Gasteiger partial charge on any atom is -0.388 e. The second-order valence-electron chi connectivity index (χ2n) is 4.66. The number of aromatic nitrogens is 2. The van der Waals surface area contributed by atoms with Crippen LogP contribution in [0.15, 0.2) is 59.4 Å². The fraction of sp³-hybridized carbons (Fsp3) is 0.125. The predicted octanol–water partition coefficient (Wildman–Crippen LogP) is 2.20. The highest BCUT2D eigenvalue weighted by atomic mass is 16.3. The molecule has 0 amide bonds. The van der Waals surface area contributed by atoms with Gasteiger partial charge in [-0.25, -0.2) is 4.98 Å². The van der Waals surface area contributed by atoms with Crippen molar-refractivity contribution in [1.29, 1.82) is 0 Å². The Morgan fingerprint density at radius 3 is 2.55 bits per heavy atom. The summed E-state index contributed by atoms with van der Waals surface area (Å²) in [5.41, 5.74) is 2.30. The summed E-state index contributed by atoms with van der Waals surface area (Å²) < 4.78 is 0. The van der Waals surface area contributed by atoms with Crippen LogP contribution in [-0.4, -0.2) is 15.1 Å². The lowest BCUT2D eigenvalue weighted by molar-refractivity contribution is 0.177. The summed E-state index contributed by atoms with van der Waals surface area (Å²) in [5, 5.41) is 10.2. The molecule has 4 heteroatoms. The Morgan fingerprint density at radius 1 is 1.05 bits per heavy atom. The third kappa shape index (κ3) is 2.46. The number of rotatable bonds is 3. The van der Waals surface area contributed by atoms with E-state index in [4.69, 9.17) is 0 Å². The second-order valence-corrected chi connectivity index (χ2v) is 4.66. The summed E-state index contributed by atoms with van der Waals surface area (Å²) >= 11 is 0. The van der Waals surface area contributed by atoms with Crippen LogP contribution in [0.1, 0.15) is 17.4 Å². The van der Waals surface area contributed by atoms with Gasteiger partial charge in [-0.05, 0) is 17.7 Å². The zero-order valence-electron chi connectivity index (χ0n) is 10.8. The lowest BCUT2D eigenvalue weighted by Gasteiger charge is -2.10. The number of aromatic amines is 1. The van der Waals surface area contributed by atoms with Crippen LogP contribution in [0.3, 0.4) is 0 Å². The van der Waals surface area contributed by atoms with Gasteiger partial charge in [-0.1, -0.05) is 42.5 Å². The Bertz CT molecular complexity index is 781. The molecule has 2 aromatic carbocycles. The van der Waals surface area contributed by atoms with Gasteiger partial charge in [-0.2, -0.15) is 0 Å². The molecule has 0 fully saturated rings. The van der Waals surface area contributed by atoms with Crippen molar-refractivity contribution in [2.45, 2.75) is 12.5 Å². The molecule has 1 atom stereocenters. The minimum atomic E-state index is -0.731. The molecule has 1 heterocycles. The molecule has 0 radical (unpaired) electrons. The minimum absolute atomic E-state index is 0.199. The summed E-state index contributed by atoms with van der Waals surface area (Å²) in [6.07, 6.45) is -0.532. The normalized spacial score (nSPS) is 12.4. The van der Waals surface area contributed by atoms with Crippen LogP contribution >= 0.6 is 0 Å². The van der Waals surface area contributed by atoms with Crippen molar-refractivity contribution in [1.82, 2.24) is 9.97 Å². The van der Waals surface area contributed by atoms with Gasteiger partial charge in [0.1, 0.15) is 5.69 Å². The van der Waals surface area contributed by atoms with Gasteiger partial charge < -0.3 is 10.1 Å². The van der Waals surface area contributed by atoms with E-state index < -0.39 is 6.10 Å².